The number of carbonyl (C=O) groups excluding carboxylic acids is 1. The van der Waals surface area contributed by atoms with Crippen LogP contribution in [0.4, 0.5) is 17.1 Å². The van der Waals surface area contributed by atoms with Crippen LogP contribution >= 0.6 is 11.3 Å². The molecule has 0 aliphatic carbocycles. The molecule has 36 heavy (non-hydrogen) atoms. The number of amides is 1. The smallest absolute Gasteiger partial charge is 0.293 e. The first-order valence-corrected chi connectivity index (χ1v) is 12.5. The van der Waals surface area contributed by atoms with Gasteiger partial charge in [0.1, 0.15) is 16.4 Å². The number of aromatic nitrogens is 4. The molecule has 4 aromatic rings. The van der Waals surface area contributed by atoms with Crippen LogP contribution in [0.5, 0.6) is 5.75 Å². The SMILES string of the molecule is CCc1nnc2sc(-c3ccc(OC)c(NC(=O)c4ccc(N5CCCCC5)c([N+](=O)[O-])c4)c3)nn12. The van der Waals surface area contributed by atoms with Gasteiger partial charge in [-0.3, -0.25) is 14.9 Å². The van der Waals surface area contributed by atoms with E-state index in [1.165, 1.54) is 24.5 Å². The Morgan fingerprint density at radius 3 is 2.69 bits per heavy atom. The molecule has 1 amide bonds. The van der Waals surface area contributed by atoms with Crippen LogP contribution in [0, 0.1) is 10.1 Å². The third-order valence-corrected chi connectivity index (χ3v) is 7.15. The summed E-state index contributed by atoms with van der Waals surface area (Å²) in [6, 6.07) is 9.99. The van der Waals surface area contributed by atoms with E-state index in [0.29, 0.717) is 33.5 Å². The van der Waals surface area contributed by atoms with Gasteiger partial charge in [-0.05, 0) is 49.6 Å². The number of fused-ring (bicyclic) bond motifs is 1. The lowest BCUT2D eigenvalue weighted by Crippen LogP contribution is -2.30. The van der Waals surface area contributed by atoms with Gasteiger partial charge in [-0.25, -0.2) is 0 Å². The average molecular weight is 508 g/mol. The summed E-state index contributed by atoms with van der Waals surface area (Å²) in [6.07, 6.45) is 3.82. The fourth-order valence-corrected chi connectivity index (χ4v) is 5.20. The fraction of sp³-hybridized carbons (Fsp3) is 0.333. The summed E-state index contributed by atoms with van der Waals surface area (Å²) in [4.78, 5) is 27.2. The van der Waals surface area contributed by atoms with Gasteiger partial charge in [0.25, 0.3) is 11.6 Å². The molecule has 1 fully saturated rings. The number of ether oxygens (including phenoxy) is 1. The molecule has 12 heteroatoms. The minimum atomic E-state index is -0.467. The first kappa shape index (κ1) is 23.7. The molecule has 186 valence electrons. The molecule has 3 heterocycles. The van der Waals surface area contributed by atoms with Gasteiger partial charge in [0.2, 0.25) is 4.96 Å². The number of hydrogen-bond donors (Lipinski definition) is 1. The van der Waals surface area contributed by atoms with Crippen molar-refractivity contribution >= 4 is 39.3 Å². The first-order valence-electron chi connectivity index (χ1n) is 11.7. The van der Waals surface area contributed by atoms with Crippen molar-refractivity contribution < 1.29 is 14.5 Å². The molecule has 1 saturated heterocycles. The number of methoxy groups -OCH3 is 1. The Bertz CT molecular complexity index is 1440. The van der Waals surface area contributed by atoms with Gasteiger partial charge < -0.3 is 15.0 Å². The molecule has 2 aromatic heterocycles. The van der Waals surface area contributed by atoms with E-state index in [0.717, 1.165) is 43.7 Å². The van der Waals surface area contributed by atoms with E-state index < -0.39 is 10.8 Å². The van der Waals surface area contributed by atoms with Crippen LogP contribution in [0.25, 0.3) is 15.5 Å². The van der Waals surface area contributed by atoms with Gasteiger partial charge in [0, 0.05) is 36.7 Å². The topological polar surface area (TPSA) is 128 Å². The summed E-state index contributed by atoms with van der Waals surface area (Å²) < 4.78 is 7.15. The van der Waals surface area contributed by atoms with E-state index in [-0.39, 0.29) is 11.3 Å². The molecule has 0 saturated carbocycles. The van der Waals surface area contributed by atoms with Gasteiger partial charge in [0.15, 0.2) is 5.82 Å². The number of nitro groups is 1. The molecule has 1 aliphatic rings. The van der Waals surface area contributed by atoms with Crippen molar-refractivity contribution in [3.05, 3.63) is 57.9 Å². The molecular weight excluding hydrogens is 482 g/mol. The Labute approximate surface area is 210 Å². The van der Waals surface area contributed by atoms with E-state index >= 15 is 0 Å². The molecule has 0 bridgehead atoms. The highest BCUT2D eigenvalue weighted by atomic mass is 32.1. The number of hydrogen-bond acceptors (Lipinski definition) is 9. The van der Waals surface area contributed by atoms with Crippen molar-refractivity contribution in [2.24, 2.45) is 0 Å². The average Bonchev–Trinajstić information content (AvgIpc) is 3.50. The summed E-state index contributed by atoms with van der Waals surface area (Å²) in [7, 11) is 1.51. The molecule has 2 aromatic carbocycles. The Hall–Kier alpha value is -4.06. The second-order valence-electron chi connectivity index (χ2n) is 8.45. The Morgan fingerprint density at radius 1 is 1.17 bits per heavy atom. The van der Waals surface area contributed by atoms with Crippen LogP contribution < -0.4 is 15.0 Å². The second kappa shape index (κ2) is 9.90. The molecule has 11 nitrogen and oxygen atoms in total. The van der Waals surface area contributed by atoms with Crippen LogP contribution in [-0.2, 0) is 6.42 Å². The maximum Gasteiger partial charge on any atom is 0.293 e. The zero-order valence-corrected chi connectivity index (χ0v) is 20.7. The summed E-state index contributed by atoms with van der Waals surface area (Å²) in [5.41, 5.74) is 1.88. The van der Waals surface area contributed by atoms with Crippen LogP contribution in [0.2, 0.25) is 0 Å². The summed E-state index contributed by atoms with van der Waals surface area (Å²) in [6.45, 7) is 3.53. The van der Waals surface area contributed by atoms with E-state index in [2.05, 4.69) is 20.6 Å². The minimum Gasteiger partial charge on any atom is -0.495 e. The molecule has 1 N–H and O–H groups in total. The highest BCUT2D eigenvalue weighted by molar-refractivity contribution is 7.19. The molecule has 5 rings (SSSR count). The number of nitrogens with zero attached hydrogens (tertiary/aromatic N) is 6. The number of nitrogens with one attached hydrogen (secondary N) is 1. The zero-order valence-electron chi connectivity index (χ0n) is 19.9. The van der Waals surface area contributed by atoms with Crippen molar-refractivity contribution in [2.45, 2.75) is 32.6 Å². The number of rotatable bonds is 7. The van der Waals surface area contributed by atoms with Crippen molar-refractivity contribution in [2.75, 3.05) is 30.4 Å². The van der Waals surface area contributed by atoms with E-state index in [4.69, 9.17) is 4.74 Å². The van der Waals surface area contributed by atoms with Crippen molar-refractivity contribution in [1.29, 1.82) is 0 Å². The lowest BCUT2D eigenvalue weighted by atomic mass is 10.1. The Kier molecular flexibility index (Phi) is 6.51. The summed E-state index contributed by atoms with van der Waals surface area (Å²) in [5, 5.41) is 28.3. The first-order chi connectivity index (χ1) is 17.5. The van der Waals surface area contributed by atoms with Crippen molar-refractivity contribution in [3.8, 4) is 16.3 Å². The molecule has 0 spiro atoms. The normalized spacial score (nSPS) is 13.7. The lowest BCUT2D eigenvalue weighted by Gasteiger charge is -2.28. The number of carbonyl (C=O) groups is 1. The van der Waals surface area contributed by atoms with Gasteiger partial charge in [0.05, 0.1) is 17.7 Å². The third-order valence-electron chi connectivity index (χ3n) is 6.20. The van der Waals surface area contributed by atoms with Crippen LogP contribution in [0.15, 0.2) is 36.4 Å². The monoisotopic (exact) mass is 507 g/mol. The molecule has 0 unspecified atom stereocenters. The third kappa shape index (κ3) is 4.47. The second-order valence-corrected chi connectivity index (χ2v) is 9.40. The number of piperidine rings is 1. The molecule has 1 aliphatic heterocycles. The van der Waals surface area contributed by atoms with Crippen LogP contribution in [0.1, 0.15) is 42.4 Å². The van der Waals surface area contributed by atoms with Crippen LogP contribution in [0.3, 0.4) is 0 Å². The maximum atomic E-state index is 13.1. The summed E-state index contributed by atoms with van der Waals surface area (Å²) in [5.74, 6) is 0.762. The predicted molar refractivity (Wildman–Crippen MR) is 137 cm³/mol. The number of nitro benzene ring substituents is 1. The zero-order chi connectivity index (χ0) is 25.2. The Balaban J connectivity index is 1.43. The predicted octanol–water partition coefficient (Wildman–Crippen LogP) is 4.57. The molecular formula is C24H25N7O4S. The minimum absolute atomic E-state index is 0.0725. The maximum absolute atomic E-state index is 13.1. The number of aryl methyl sites for hydroxylation is 1. The van der Waals surface area contributed by atoms with Gasteiger partial charge in [-0.1, -0.05) is 18.3 Å². The highest BCUT2D eigenvalue weighted by Gasteiger charge is 2.24. The largest absolute Gasteiger partial charge is 0.495 e. The van der Waals surface area contributed by atoms with E-state index in [1.807, 2.05) is 17.9 Å². The van der Waals surface area contributed by atoms with Crippen molar-refractivity contribution in [1.82, 2.24) is 19.8 Å². The quantitative estimate of drug-likeness (QED) is 0.284. The lowest BCUT2D eigenvalue weighted by molar-refractivity contribution is -0.384. The van der Waals surface area contributed by atoms with Gasteiger partial charge >= 0.3 is 0 Å². The summed E-state index contributed by atoms with van der Waals surface area (Å²) >= 11 is 1.39. The van der Waals surface area contributed by atoms with E-state index in [9.17, 15) is 14.9 Å². The van der Waals surface area contributed by atoms with Crippen LogP contribution in [-0.4, -0.2) is 50.8 Å². The molecule has 0 atom stereocenters. The number of anilines is 2. The van der Waals surface area contributed by atoms with Gasteiger partial charge in [-0.15, -0.1) is 10.2 Å². The van der Waals surface area contributed by atoms with Crippen molar-refractivity contribution in [3.63, 3.8) is 0 Å². The molecule has 0 radical (unpaired) electrons. The standard InChI is InChI=1S/C24H25N7O4S/c1-3-21-26-27-24-30(21)28-23(36-24)16-8-10-20(35-2)17(13-16)25-22(32)15-7-9-18(19(14-15)31(33)34)29-11-5-4-6-12-29/h7-10,13-14H,3-6,11-12H2,1-2H3,(H,25,32). The number of benzene rings is 2. The van der Waals surface area contributed by atoms with Gasteiger partial charge in [-0.2, -0.15) is 9.61 Å². The highest BCUT2D eigenvalue weighted by Crippen LogP contribution is 2.35. The fourth-order valence-electron chi connectivity index (χ4n) is 4.34. The Morgan fingerprint density at radius 2 is 1.97 bits per heavy atom. The van der Waals surface area contributed by atoms with E-state index in [1.54, 1.807) is 28.8 Å².